The molecule has 30 heavy (non-hydrogen) atoms. The van der Waals surface area contributed by atoms with E-state index in [1.807, 2.05) is 24.3 Å². The average Bonchev–Trinajstić information content (AvgIpc) is 3.21. The van der Waals surface area contributed by atoms with E-state index in [1.54, 1.807) is 25.1 Å². The van der Waals surface area contributed by atoms with Gasteiger partial charge in [0, 0.05) is 24.3 Å². The quantitative estimate of drug-likeness (QED) is 0.411. The first-order valence-corrected chi connectivity index (χ1v) is 11.2. The maximum Gasteiger partial charge on any atom is 0.277 e. The predicted octanol–water partition coefficient (Wildman–Crippen LogP) is 6.01. The number of thioether (sulfide) groups is 1. The number of aromatic nitrogens is 2. The molecule has 0 saturated heterocycles. The van der Waals surface area contributed by atoms with Crippen molar-refractivity contribution >= 4 is 52.2 Å². The fourth-order valence-electron chi connectivity index (χ4n) is 2.82. The SMILES string of the molecule is CCN(CC)c1ccc(-c2nnc(SC(C)C(=O)Nc3cccc(Cl)c3Cl)o2)cc1. The lowest BCUT2D eigenvalue weighted by molar-refractivity contribution is -0.115. The molecule has 158 valence electrons. The van der Waals surface area contributed by atoms with Crippen LogP contribution in [0.5, 0.6) is 0 Å². The standard InChI is InChI=1S/C21H22Cl2N4O2S/c1-4-27(5-2)15-11-9-14(10-12-15)20-25-26-21(29-20)30-13(3)19(28)24-17-8-6-7-16(22)18(17)23/h6-13H,4-5H2,1-3H3,(H,24,28). The summed E-state index contributed by atoms with van der Waals surface area (Å²) in [5.41, 5.74) is 2.43. The Bertz CT molecular complexity index is 1010. The van der Waals surface area contributed by atoms with Crippen LogP contribution in [0, 0.1) is 0 Å². The number of carbonyl (C=O) groups excluding carboxylic acids is 1. The molecule has 9 heteroatoms. The first kappa shape index (κ1) is 22.5. The lowest BCUT2D eigenvalue weighted by Crippen LogP contribution is -2.22. The number of nitrogens with zero attached hydrogens (tertiary/aromatic N) is 3. The number of anilines is 2. The van der Waals surface area contributed by atoms with Crippen molar-refractivity contribution < 1.29 is 9.21 Å². The first-order chi connectivity index (χ1) is 14.4. The van der Waals surface area contributed by atoms with E-state index in [4.69, 9.17) is 27.6 Å². The van der Waals surface area contributed by atoms with Gasteiger partial charge in [-0.25, -0.2) is 0 Å². The topological polar surface area (TPSA) is 71.3 Å². The third kappa shape index (κ3) is 5.28. The minimum atomic E-state index is -0.474. The van der Waals surface area contributed by atoms with Crippen LogP contribution in [-0.2, 0) is 4.79 Å². The third-order valence-corrected chi connectivity index (χ3v) is 6.26. The second-order valence-electron chi connectivity index (χ2n) is 6.44. The number of halogens is 2. The number of carbonyl (C=O) groups is 1. The molecule has 0 saturated carbocycles. The highest BCUT2D eigenvalue weighted by atomic mass is 35.5. The van der Waals surface area contributed by atoms with Crippen LogP contribution < -0.4 is 10.2 Å². The van der Waals surface area contributed by atoms with Gasteiger partial charge in [-0.3, -0.25) is 4.79 Å². The zero-order valence-corrected chi connectivity index (χ0v) is 19.2. The largest absolute Gasteiger partial charge is 0.411 e. The van der Waals surface area contributed by atoms with Crippen LogP contribution >= 0.6 is 35.0 Å². The summed E-state index contributed by atoms with van der Waals surface area (Å²) in [6.45, 7) is 7.88. The summed E-state index contributed by atoms with van der Waals surface area (Å²) in [5.74, 6) is 0.168. The molecule has 1 aromatic heterocycles. The highest BCUT2D eigenvalue weighted by molar-refractivity contribution is 8.00. The van der Waals surface area contributed by atoms with Crippen molar-refractivity contribution in [2.45, 2.75) is 31.2 Å². The lowest BCUT2D eigenvalue weighted by atomic mass is 10.2. The Morgan fingerprint density at radius 2 is 1.83 bits per heavy atom. The van der Waals surface area contributed by atoms with Crippen molar-refractivity contribution in [1.82, 2.24) is 10.2 Å². The number of amides is 1. The zero-order valence-electron chi connectivity index (χ0n) is 16.9. The Morgan fingerprint density at radius 3 is 2.50 bits per heavy atom. The molecular formula is C21H22Cl2N4O2S. The van der Waals surface area contributed by atoms with Gasteiger partial charge in [0.25, 0.3) is 5.22 Å². The summed E-state index contributed by atoms with van der Waals surface area (Å²) < 4.78 is 5.74. The van der Waals surface area contributed by atoms with E-state index in [-0.39, 0.29) is 5.91 Å². The average molecular weight is 465 g/mol. The van der Waals surface area contributed by atoms with Gasteiger partial charge in [0.05, 0.1) is 21.0 Å². The first-order valence-electron chi connectivity index (χ1n) is 9.53. The number of hydrogen-bond acceptors (Lipinski definition) is 6. The number of benzene rings is 2. The molecule has 1 unspecified atom stereocenters. The Hall–Kier alpha value is -2.22. The van der Waals surface area contributed by atoms with Gasteiger partial charge in [0.15, 0.2) is 0 Å². The predicted molar refractivity (Wildman–Crippen MR) is 124 cm³/mol. The summed E-state index contributed by atoms with van der Waals surface area (Å²) in [6.07, 6.45) is 0. The Kier molecular flexibility index (Phi) is 7.64. The van der Waals surface area contributed by atoms with Crippen molar-refractivity contribution in [2.75, 3.05) is 23.3 Å². The van der Waals surface area contributed by atoms with Gasteiger partial charge in [-0.1, -0.05) is 41.0 Å². The van der Waals surface area contributed by atoms with E-state index in [9.17, 15) is 4.79 Å². The van der Waals surface area contributed by atoms with Crippen LogP contribution in [-0.4, -0.2) is 34.4 Å². The molecule has 1 heterocycles. The normalized spacial score (nSPS) is 11.9. The monoisotopic (exact) mass is 464 g/mol. The molecule has 0 fully saturated rings. The van der Waals surface area contributed by atoms with Crippen LogP contribution in [0.15, 0.2) is 52.1 Å². The van der Waals surface area contributed by atoms with Gasteiger partial charge >= 0.3 is 0 Å². The van der Waals surface area contributed by atoms with Crippen molar-refractivity contribution in [1.29, 1.82) is 0 Å². The van der Waals surface area contributed by atoms with Gasteiger partial charge in [0.1, 0.15) is 0 Å². The molecule has 0 aliphatic carbocycles. The molecule has 0 bridgehead atoms. The Labute approximate surface area is 190 Å². The van der Waals surface area contributed by atoms with Crippen molar-refractivity contribution in [3.05, 3.63) is 52.5 Å². The van der Waals surface area contributed by atoms with Gasteiger partial charge in [-0.15, -0.1) is 10.2 Å². The molecule has 0 spiro atoms. The summed E-state index contributed by atoms with van der Waals surface area (Å²) in [4.78, 5) is 14.7. The summed E-state index contributed by atoms with van der Waals surface area (Å²) >= 11 is 13.3. The molecule has 0 aliphatic heterocycles. The van der Waals surface area contributed by atoms with Crippen LogP contribution in [0.25, 0.3) is 11.5 Å². The highest BCUT2D eigenvalue weighted by Gasteiger charge is 2.20. The van der Waals surface area contributed by atoms with Gasteiger partial charge in [0.2, 0.25) is 11.8 Å². The smallest absolute Gasteiger partial charge is 0.277 e. The molecule has 6 nitrogen and oxygen atoms in total. The van der Waals surface area contributed by atoms with Crippen molar-refractivity contribution in [3.63, 3.8) is 0 Å². The van der Waals surface area contributed by atoms with Crippen molar-refractivity contribution in [3.8, 4) is 11.5 Å². The molecule has 3 aromatic rings. The Balaban J connectivity index is 1.64. The number of rotatable bonds is 8. The molecular weight excluding hydrogens is 443 g/mol. The van der Waals surface area contributed by atoms with E-state index in [1.165, 1.54) is 11.8 Å². The third-order valence-electron chi connectivity index (χ3n) is 4.51. The van der Waals surface area contributed by atoms with E-state index in [0.717, 1.165) is 24.3 Å². The van der Waals surface area contributed by atoms with Gasteiger partial charge in [-0.05, 0) is 57.2 Å². The highest BCUT2D eigenvalue weighted by Crippen LogP contribution is 2.31. The maximum absolute atomic E-state index is 12.5. The lowest BCUT2D eigenvalue weighted by Gasteiger charge is -2.20. The summed E-state index contributed by atoms with van der Waals surface area (Å²) in [6, 6.07) is 13.0. The minimum absolute atomic E-state index is 0.243. The molecule has 0 radical (unpaired) electrons. The van der Waals surface area contributed by atoms with Crippen LogP contribution in [0.3, 0.4) is 0 Å². The number of hydrogen-bond donors (Lipinski definition) is 1. The van der Waals surface area contributed by atoms with Crippen molar-refractivity contribution in [2.24, 2.45) is 0 Å². The molecule has 0 aliphatic rings. The molecule has 1 N–H and O–H groups in total. The minimum Gasteiger partial charge on any atom is -0.411 e. The van der Waals surface area contributed by atoms with Gasteiger partial charge in [-0.2, -0.15) is 0 Å². The summed E-state index contributed by atoms with van der Waals surface area (Å²) in [7, 11) is 0. The fourth-order valence-corrected chi connectivity index (χ4v) is 3.85. The molecule has 1 atom stereocenters. The van der Waals surface area contributed by atoms with E-state index in [0.29, 0.717) is 26.8 Å². The van der Waals surface area contributed by atoms with Gasteiger partial charge < -0.3 is 14.6 Å². The van der Waals surface area contributed by atoms with E-state index in [2.05, 4.69) is 34.3 Å². The fraction of sp³-hybridized carbons (Fsp3) is 0.286. The van der Waals surface area contributed by atoms with E-state index >= 15 is 0 Å². The maximum atomic E-state index is 12.5. The Morgan fingerprint density at radius 1 is 1.13 bits per heavy atom. The summed E-state index contributed by atoms with van der Waals surface area (Å²) in [5, 5.41) is 11.4. The second kappa shape index (κ2) is 10.2. The second-order valence-corrected chi connectivity index (χ2v) is 8.52. The molecule has 1 amide bonds. The number of nitrogens with one attached hydrogen (secondary N) is 1. The molecule has 3 rings (SSSR count). The van der Waals surface area contributed by atoms with Crippen LogP contribution in [0.4, 0.5) is 11.4 Å². The zero-order chi connectivity index (χ0) is 21.7. The van der Waals surface area contributed by atoms with Crippen LogP contribution in [0.1, 0.15) is 20.8 Å². The molecule has 2 aromatic carbocycles. The van der Waals surface area contributed by atoms with Crippen LogP contribution in [0.2, 0.25) is 10.0 Å². The van der Waals surface area contributed by atoms with E-state index < -0.39 is 5.25 Å².